The summed E-state index contributed by atoms with van der Waals surface area (Å²) in [4.78, 5) is 12.5. The number of hydrogen-bond donors (Lipinski definition) is 3. The van der Waals surface area contributed by atoms with Gasteiger partial charge in [0.05, 0.1) is 16.2 Å². The number of rotatable bonds is 4. The van der Waals surface area contributed by atoms with Crippen molar-refractivity contribution in [3.63, 3.8) is 0 Å². The number of urea groups is 1. The molecule has 0 aliphatic rings. The first kappa shape index (κ1) is 15.3. The SMILES string of the molecule is CCC(C)(NC(=O)Nc1cccc2ccccc12)C(N)=S. The zero-order valence-corrected chi connectivity index (χ0v) is 13.0. The molecule has 1 atom stereocenters. The van der Waals surface area contributed by atoms with Gasteiger partial charge in [-0.3, -0.25) is 0 Å². The Labute approximate surface area is 129 Å². The Balaban J connectivity index is 2.21. The van der Waals surface area contributed by atoms with Crippen LogP contribution in [0, 0.1) is 0 Å². The van der Waals surface area contributed by atoms with Crippen molar-refractivity contribution in [2.45, 2.75) is 25.8 Å². The highest BCUT2D eigenvalue weighted by atomic mass is 32.1. The quantitative estimate of drug-likeness (QED) is 0.758. The van der Waals surface area contributed by atoms with Gasteiger partial charge in [0, 0.05) is 5.39 Å². The second-order valence-corrected chi connectivity index (χ2v) is 5.60. The van der Waals surface area contributed by atoms with Gasteiger partial charge in [-0.25, -0.2) is 4.79 Å². The number of fused-ring (bicyclic) bond motifs is 1. The summed E-state index contributed by atoms with van der Waals surface area (Å²) in [5, 5.41) is 7.77. The Kier molecular flexibility index (Phi) is 4.43. The molecular weight excluding hydrogens is 282 g/mol. The van der Waals surface area contributed by atoms with Gasteiger partial charge in [-0.1, -0.05) is 55.5 Å². The largest absolute Gasteiger partial charge is 0.391 e. The molecule has 0 bridgehead atoms. The lowest BCUT2D eigenvalue weighted by Crippen LogP contribution is -2.55. The fraction of sp³-hybridized carbons (Fsp3) is 0.250. The molecular formula is C16H19N3OS. The Bertz CT molecular complexity index is 681. The van der Waals surface area contributed by atoms with Gasteiger partial charge in [0.2, 0.25) is 0 Å². The van der Waals surface area contributed by atoms with E-state index in [1.807, 2.05) is 56.3 Å². The first-order valence-electron chi connectivity index (χ1n) is 6.83. The monoisotopic (exact) mass is 301 g/mol. The summed E-state index contributed by atoms with van der Waals surface area (Å²) in [7, 11) is 0. The minimum atomic E-state index is -0.690. The highest BCUT2D eigenvalue weighted by molar-refractivity contribution is 7.80. The van der Waals surface area contributed by atoms with E-state index >= 15 is 0 Å². The molecule has 2 aromatic rings. The van der Waals surface area contributed by atoms with Crippen LogP contribution in [0.15, 0.2) is 42.5 Å². The Morgan fingerprint density at radius 1 is 1.24 bits per heavy atom. The highest BCUT2D eigenvalue weighted by Crippen LogP contribution is 2.23. The second-order valence-electron chi connectivity index (χ2n) is 5.16. The minimum Gasteiger partial charge on any atom is -0.391 e. The van der Waals surface area contributed by atoms with Crippen LogP contribution in [0.3, 0.4) is 0 Å². The zero-order valence-electron chi connectivity index (χ0n) is 12.1. The van der Waals surface area contributed by atoms with Crippen LogP contribution < -0.4 is 16.4 Å². The fourth-order valence-electron chi connectivity index (χ4n) is 2.06. The molecule has 0 radical (unpaired) electrons. The lowest BCUT2D eigenvalue weighted by molar-refractivity contribution is 0.245. The van der Waals surface area contributed by atoms with Crippen molar-refractivity contribution >= 4 is 39.7 Å². The highest BCUT2D eigenvalue weighted by Gasteiger charge is 2.27. The van der Waals surface area contributed by atoms with Gasteiger partial charge in [0.15, 0.2) is 0 Å². The van der Waals surface area contributed by atoms with Crippen LogP contribution in [0.4, 0.5) is 10.5 Å². The van der Waals surface area contributed by atoms with E-state index in [9.17, 15) is 4.79 Å². The van der Waals surface area contributed by atoms with Crippen LogP contribution in [0.2, 0.25) is 0 Å². The van der Waals surface area contributed by atoms with E-state index in [2.05, 4.69) is 10.6 Å². The number of benzene rings is 2. The van der Waals surface area contributed by atoms with Crippen LogP contribution in [0.5, 0.6) is 0 Å². The smallest absolute Gasteiger partial charge is 0.320 e. The van der Waals surface area contributed by atoms with Gasteiger partial charge < -0.3 is 16.4 Å². The van der Waals surface area contributed by atoms with E-state index in [0.717, 1.165) is 16.5 Å². The van der Waals surface area contributed by atoms with Crippen molar-refractivity contribution in [3.8, 4) is 0 Å². The van der Waals surface area contributed by atoms with Crippen molar-refractivity contribution in [2.24, 2.45) is 5.73 Å². The summed E-state index contributed by atoms with van der Waals surface area (Å²) in [6, 6.07) is 13.3. The lowest BCUT2D eigenvalue weighted by Gasteiger charge is -2.28. The molecule has 110 valence electrons. The summed E-state index contributed by atoms with van der Waals surface area (Å²) in [5.74, 6) is 0. The normalized spacial score (nSPS) is 13.4. The van der Waals surface area contributed by atoms with Crippen LogP contribution in [0.1, 0.15) is 20.3 Å². The number of nitrogens with one attached hydrogen (secondary N) is 2. The Morgan fingerprint density at radius 3 is 2.57 bits per heavy atom. The number of carbonyl (C=O) groups is 1. The number of anilines is 1. The molecule has 4 N–H and O–H groups in total. The molecule has 2 amide bonds. The van der Waals surface area contributed by atoms with Crippen LogP contribution in [0.25, 0.3) is 10.8 Å². The molecule has 0 saturated heterocycles. The maximum atomic E-state index is 12.2. The Morgan fingerprint density at radius 2 is 1.90 bits per heavy atom. The van der Waals surface area contributed by atoms with E-state index in [0.29, 0.717) is 6.42 Å². The summed E-state index contributed by atoms with van der Waals surface area (Å²) in [5.41, 5.74) is 5.77. The topological polar surface area (TPSA) is 67.2 Å². The fourth-order valence-corrected chi connectivity index (χ4v) is 2.26. The third-order valence-electron chi connectivity index (χ3n) is 3.68. The zero-order chi connectivity index (χ0) is 15.5. The maximum Gasteiger partial charge on any atom is 0.320 e. The maximum absolute atomic E-state index is 12.2. The second kappa shape index (κ2) is 6.10. The standard InChI is InChI=1S/C16H19N3OS/c1-3-16(2,14(17)21)19-15(20)18-13-10-6-8-11-7-4-5-9-12(11)13/h4-10H,3H2,1-2H3,(H2,17,21)(H2,18,19,20). The van der Waals surface area contributed by atoms with Crippen molar-refractivity contribution in [1.82, 2.24) is 5.32 Å². The Hall–Kier alpha value is -2.14. The van der Waals surface area contributed by atoms with Crippen LogP contribution in [-0.2, 0) is 0 Å². The molecule has 0 heterocycles. The van der Waals surface area contributed by atoms with E-state index in [1.165, 1.54) is 0 Å². The molecule has 4 nitrogen and oxygen atoms in total. The summed E-state index contributed by atoms with van der Waals surface area (Å²) in [6.45, 7) is 3.75. The third kappa shape index (κ3) is 3.31. The molecule has 0 saturated carbocycles. The van der Waals surface area contributed by atoms with Crippen molar-refractivity contribution in [1.29, 1.82) is 0 Å². The molecule has 0 aromatic heterocycles. The van der Waals surface area contributed by atoms with Gasteiger partial charge >= 0.3 is 6.03 Å². The number of amides is 2. The predicted molar refractivity (Wildman–Crippen MR) is 91.6 cm³/mol. The van der Waals surface area contributed by atoms with Crippen molar-refractivity contribution in [2.75, 3.05) is 5.32 Å². The summed E-state index contributed by atoms with van der Waals surface area (Å²) in [6.07, 6.45) is 0.630. The first-order chi connectivity index (χ1) is 9.96. The van der Waals surface area contributed by atoms with E-state index < -0.39 is 5.54 Å². The van der Waals surface area contributed by atoms with Crippen molar-refractivity contribution in [3.05, 3.63) is 42.5 Å². The molecule has 1 unspecified atom stereocenters. The van der Waals surface area contributed by atoms with Crippen LogP contribution in [-0.4, -0.2) is 16.6 Å². The number of nitrogens with two attached hydrogens (primary N) is 1. The molecule has 0 aliphatic heterocycles. The van der Waals surface area contributed by atoms with E-state index in [-0.39, 0.29) is 11.0 Å². The van der Waals surface area contributed by atoms with E-state index in [1.54, 1.807) is 0 Å². The van der Waals surface area contributed by atoms with Crippen molar-refractivity contribution < 1.29 is 4.79 Å². The van der Waals surface area contributed by atoms with Gasteiger partial charge in [0.1, 0.15) is 0 Å². The molecule has 2 rings (SSSR count). The molecule has 0 fully saturated rings. The minimum absolute atomic E-state index is 0.276. The predicted octanol–water partition coefficient (Wildman–Crippen LogP) is 3.42. The van der Waals surface area contributed by atoms with Gasteiger partial charge in [-0.15, -0.1) is 0 Å². The van der Waals surface area contributed by atoms with Gasteiger partial charge in [-0.05, 0) is 24.8 Å². The van der Waals surface area contributed by atoms with Crippen LogP contribution >= 0.6 is 12.2 Å². The number of carbonyl (C=O) groups excluding carboxylic acids is 1. The first-order valence-corrected chi connectivity index (χ1v) is 7.24. The molecule has 0 spiro atoms. The molecule has 5 heteroatoms. The average Bonchev–Trinajstić information content (AvgIpc) is 2.47. The average molecular weight is 301 g/mol. The summed E-state index contributed by atoms with van der Waals surface area (Å²) < 4.78 is 0. The number of thiocarbonyl (C=S) groups is 1. The van der Waals surface area contributed by atoms with Gasteiger partial charge in [-0.2, -0.15) is 0 Å². The lowest BCUT2D eigenvalue weighted by atomic mass is 9.99. The summed E-state index contributed by atoms with van der Waals surface area (Å²) >= 11 is 5.02. The third-order valence-corrected chi connectivity index (χ3v) is 4.13. The number of hydrogen-bond acceptors (Lipinski definition) is 2. The van der Waals surface area contributed by atoms with Gasteiger partial charge in [0.25, 0.3) is 0 Å². The molecule has 21 heavy (non-hydrogen) atoms. The molecule has 2 aromatic carbocycles. The van der Waals surface area contributed by atoms with E-state index in [4.69, 9.17) is 18.0 Å². The molecule has 0 aliphatic carbocycles.